The molecule has 6 heteroatoms. The van der Waals surface area contributed by atoms with Crippen molar-refractivity contribution in [3.8, 4) is 0 Å². The Balaban J connectivity index is 1.46. The fourth-order valence-corrected chi connectivity index (χ4v) is 3.60. The summed E-state index contributed by atoms with van der Waals surface area (Å²) in [4.78, 5) is 22.3. The molecule has 0 bridgehead atoms. The monoisotopic (exact) mass is 390 g/mol. The van der Waals surface area contributed by atoms with E-state index >= 15 is 0 Å². The molecule has 0 radical (unpaired) electrons. The molecule has 0 unspecified atom stereocenters. The number of carbonyl (C=O) groups is 1. The lowest BCUT2D eigenvalue weighted by Crippen LogP contribution is -2.22. The van der Waals surface area contributed by atoms with Gasteiger partial charge in [-0.2, -0.15) is 0 Å². The number of carbonyl (C=O) groups excluding carboxylic acids is 1. The first-order valence-corrected chi connectivity index (χ1v) is 9.71. The van der Waals surface area contributed by atoms with E-state index in [4.69, 9.17) is 9.47 Å². The van der Waals surface area contributed by atoms with Gasteiger partial charge in [0.15, 0.2) is 6.04 Å². The van der Waals surface area contributed by atoms with Crippen LogP contribution in [0.25, 0.3) is 0 Å². The van der Waals surface area contributed by atoms with Crippen LogP contribution in [0.15, 0.2) is 93.9 Å². The van der Waals surface area contributed by atoms with Gasteiger partial charge in [-0.05, 0) is 29.8 Å². The maximum atomic E-state index is 12.3. The highest BCUT2D eigenvalue weighted by atomic mass is 32.2. The number of hydrogen-bond acceptors (Lipinski definition) is 6. The SMILES string of the molecule is O=C(OCc1ccccc1)[C@@H]1COC(c2cccnc2Sc2ccccc2)=N1. The van der Waals surface area contributed by atoms with E-state index in [0.717, 1.165) is 21.0 Å². The summed E-state index contributed by atoms with van der Waals surface area (Å²) in [6.07, 6.45) is 1.73. The molecule has 4 rings (SSSR count). The second kappa shape index (κ2) is 8.71. The molecule has 1 atom stereocenters. The Kier molecular flexibility index (Phi) is 5.68. The first-order valence-electron chi connectivity index (χ1n) is 8.89. The van der Waals surface area contributed by atoms with Crippen LogP contribution >= 0.6 is 11.8 Å². The molecule has 1 aromatic heterocycles. The van der Waals surface area contributed by atoms with Crippen molar-refractivity contribution in [1.29, 1.82) is 0 Å². The Labute approximate surface area is 167 Å². The fourth-order valence-electron chi connectivity index (χ4n) is 2.70. The maximum Gasteiger partial charge on any atom is 0.334 e. The lowest BCUT2D eigenvalue weighted by molar-refractivity contribution is -0.146. The highest BCUT2D eigenvalue weighted by Gasteiger charge is 2.29. The van der Waals surface area contributed by atoms with Gasteiger partial charge in [-0.1, -0.05) is 60.3 Å². The molecule has 0 amide bonds. The van der Waals surface area contributed by atoms with Crippen LogP contribution in [0, 0.1) is 0 Å². The number of benzene rings is 2. The quantitative estimate of drug-likeness (QED) is 0.593. The summed E-state index contributed by atoms with van der Waals surface area (Å²) in [5.74, 6) is 0.0354. The molecule has 0 spiro atoms. The van der Waals surface area contributed by atoms with E-state index in [2.05, 4.69) is 9.98 Å². The molecule has 5 nitrogen and oxygen atoms in total. The van der Waals surface area contributed by atoms with Crippen LogP contribution in [-0.2, 0) is 20.9 Å². The predicted molar refractivity (Wildman–Crippen MR) is 107 cm³/mol. The molecule has 0 saturated heterocycles. The average molecular weight is 390 g/mol. The van der Waals surface area contributed by atoms with Crippen LogP contribution in [0.1, 0.15) is 11.1 Å². The van der Waals surface area contributed by atoms with Crippen LogP contribution in [0.5, 0.6) is 0 Å². The molecule has 3 aromatic rings. The standard InChI is InChI=1S/C22H18N2O3S/c25-22(27-14-16-8-3-1-4-9-16)19-15-26-20(24-19)18-12-7-13-23-21(18)28-17-10-5-2-6-11-17/h1-13,19H,14-15H2/t19-/m0/s1. The minimum Gasteiger partial charge on any atom is -0.474 e. The molecule has 2 aromatic carbocycles. The summed E-state index contributed by atoms with van der Waals surface area (Å²) < 4.78 is 11.1. The topological polar surface area (TPSA) is 60.8 Å². The van der Waals surface area contributed by atoms with Gasteiger partial charge in [-0.15, -0.1) is 0 Å². The van der Waals surface area contributed by atoms with Crippen molar-refractivity contribution in [3.63, 3.8) is 0 Å². The van der Waals surface area contributed by atoms with Crippen molar-refractivity contribution < 1.29 is 14.3 Å². The zero-order chi connectivity index (χ0) is 19.2. The van der Waals surface area contributed by atoms with E-state index in [1.807, 2.05) is 72.8 Å². The molecule has 1 aliphatic heterocycles. The van der Waals surface area contributed by atoms with Gasteiger partial charge in [-0.25, -0.2) is 14.8 Å². The normalized spacial score (nSPS) is 15.6. The summed E-state index contributed by atoms with van der Waals surface area (Å²) in [5, 5.41) is 0.783. The molecule has 1 aliphatic rings. The van der Waals surface area contributed by atoms with E-state index in [-0.39, 0.29) is 19.2 Å². The van der Waals surface area contributed by atoms with Crippen LogP contribution in [0.3, 0.4) is 0 Å². The van der Waals surface area contributed by atoms with Crippen LogP contribution in [0.2, 0.25) is 0 Å². The van der Waals surface area contributed by atoms with E-state index in [1.165, 1.54) is 11.8 Å². The molecule has 2 heterocycles. The van der Waals surface area contributed by atoms with E-state index in [1.54, 1.807) is 6.20 Å². The predicted octanol–water partition coefficient (Wildman–Crippen LogP) is 4.12. The smallest absolute Gasteiger partial charge is 0.334 e. The third-order valence-electron chi connectivity index (χ3n) is 4.11. The lowest BCUT2D eigenvalue weighted by Gasteiger charge is -2.07. The number of ether oxygens (including phenoxy) is 2. The van der Waals surface area contributed by atoms with E-state index < -0.39 is 6.04 Å². The Morgan fingerprint density at radius 2 is 1.79 bits per heavy atom. The Morgan fingerprint density at radius 3 is 2.57 bits per heavy atom. The van der Waals surface area contributed by atoms with Crippen molar-refractivity contribution in [1.82, 2.24) is 4.98 Å². The van der Waals surface area contributed by atoms with Gasteiger partial charge in [0, 0.05) is 11.1 Å². The molecule has 0 fully saturated rings. The first-order chi connectivity index (χ1) is 13.8. The summed E-state index contributed by atoms with van der Waals surface area (Å²) in [6, 6.07) is 22.6. The maximum absolute atomic E-state index is 12.3. The number of nitrogens with zero attached hydrogens (tertiary/aromatic N) is 2. The Bertz CT molecular complexity index is 977. The molecule has 140 valence electrons. The summed E-state index contributed by atoms with van der Waals surface area (Å²) in [7, 11) is 0. The van der Waals surface area contributed by atoms with Crippen molar-refractivity contribution in [2.24, 2.45) is 4.99 Å². The van der Waals surface area contributed by atoms with Gasteiger partial charge in [0.1, 0.15) is 18.2 Å². The van der Waals surface area contributed by atoms with Gasteiger partial charge in [0.05, 0.1) is 5.56 Å². The Morgan fingerprint density at radius 1 is 1.04 bits per heavy atom. The van der Waals surface area contributed by atoms with Crippen molar-refractivity contribution in [3.05, 3.63) is 90.1 Å². The highest BCUT2D eigenvalue weighted by Crippen LogP contribution is 2.30. The molecule has 0 aliphatic carbocycles. The van der Waals surface area contributed by atoms with Crippen LogP contribution in [-0.4, -0.2) is 29.5 Å². The highest BCUT2D eigenvalue weighted by molar-refractivity contribution is 7.99. The van der Waals surface area contributed by atoms with Crippen molar-refractivity contribution in [2.75, 3.05) is 6.61 Å². The number of aliphatic imine (C=N–C) groups is 1. The van der Waals surface area contributed by atoms with Crippen LogP contribution in [0.4, 0.5) is 0 Å². The van der Waals surface area contributed by atoms with Gasteiger partial charge in [0.2, 0.25) is 5.90 Å². The number of hydrogen-bond donors (Lipinski definition) is 0. The number of esters is 1. The number of rotatable bonds is 6. The van der Waals surface area contributed by atoms with Crippen LogP contribution < -0.4 is 0 Å². The Hall–Kier alpha value is -3.12. The van der Waals surface area contributed by atoms with Gasteiger partial charge < -0.3 is 9.47 Å². The van der Waals surface area contributed by atoms with E-state index in [0.29, 0.717) is 5.90 Å². The number of pyridine rings is 1. The van der Waals surface area contributed by atoms with Crippen molar-refractivity contribution in [2.45, 2.75) is 22.6 Å². The molecular weight excluding hydrogens is 372 g/mol. The largest absolute Gasteiger partial charge is 0.474 e. The lowest BCUT2D eigenvalue weighted by atomic mass is 10.2. The summed E-state index contributed by atoms with van der Waals surface area (Å²) in [6.45, 7) is 0.399. The third kappa shape index (κ3) is 4.40. The van der Waals surface area contributed by atoms with E-state index in [9.17, 15) is 4.79 Å². The second-order valence-corrected chi connectivity index (χ2v) is 7.19. The fraction of sp³-hybridized carbons (Fsp3) is 0.136. The minimum atomic E-state index is -0.659. The van der Waals surface area contributed by atoms with Crippen molar-refractivity contribution >= 4 is 23.6 Å². The van der Waals surface area contributed by atoms with Gasteiger partial charge >= 0.3 is 5.97 Å². The average Bonchev–Trinajstić information content (AvgIpc) is 3.24. The third-order valence-corrected chi connectivity index (χ3v) is 5.13. The van der Waals surface area contributed by atoms with Gasteiger partial charge in [0.25, 0.3) is 0 Å². The first kappa shape index (κ1) is 18.3. The summed E-state index contributed by atoms with van der Waals surface area (Å²) in [5.41, 5.74) is 1.71. The second-order valence-electron chi connectivity index (χ2n) is 6.13. The zero-order valence-corrected chi connectivity index (χ0v) is 15.8. The minimum absolute atomic E-state index is 0.174. The molecule has 0 saturated carbocycles. The zero-order valence-electron chi connectivity index (χ0n) is 15.0. The molecule has 0 N–H and O–H groups in total. The molecule has 28 heavy (non-hydrogen) atoms. The molecular formula is C22H18N2O3S. The number of aromatic nitrogens is 1. The summed E-state index contributed by atoms with van der Waals surface area (Å²) >= 11 is 1.53. The van der Waals surface area contributed by atoms with Gasteiger partial charge in [-0.3, -0.25) is 0 Å².